The number of para-hydroxylation sites is 1. The molecular formula is C16H25N3OS. The molecule has 0 spiro atoms. The molecule has 116 valence electrons. The van der Waals surface area contributed by atoms with Gasteiger partial charge in [-0.3, -0.25) is 9.69 Å². The maximum Gasteiger partial charge on any atom is 0.238 e. The lowest BCUT2D eigenvalue weighted by molar-refractivity contribution is -0.117. The van der Waals surface area contributed by atoms with Gasteiger partial charge in [0.25, 0.3) is 0 Å². The van der Waals surface area contributed by atoms with Crippen LogP contribution in [0, 0.1) is 6.92 Å². The van der Waals surface area contributed by atoms with Crippen LogP contribution in [0.1, 0.15) is 18.4 Å². The van der Waals surface area contributed by atoms with Crippen molar-refractivity contribution in [3.63, 3.8) is 0 Å². The normalized spacial score (nSPS) is 18.4. The number of nitrogens with one attached hydrogen (secondary N) is 1. The van der Waals surface area contributed by atoms with Gasteiger partial charge in [0.05, 0.1) is 6.54 Å². The number of nitrogens with zero attached hydrogens (tertiary/aromatic N) is 1. The first-order valence-corrected chi connectivity index (χ1v) is 8.64. The number of nitrogens with two attached hydrogens (primary N) is 1. The van der Waals surface area contributed by atoms with Gasteiger partial charge in [-0.15, -0.1) is 0 Å². The summed E-state index contributed by atoms with van der Waals surface area (Å²) in [6, 6.07) is 7.86. The summed E-state index contributed by atoms with van der Waals surface area (Å²) < 4.78 is 0.211. The summed E-state index contributed by atoms with van der Waals surface area (Å²) in [6.45, 7) is 5.07. The predicted molar refractivity (Wildman–Crippen MR) is 90.8 cm³/mol. The van der Waals surface area contributed by atoms with E-state index in [2.05, 4.69) is 16.5 Å². The number of hydrogen-bond donors (Lipinski definition) is 2. The Labute approximate surface area is 131 Å². The van der Waals surface area contributed by atoms with Crippen LogP contribution >= 0.6 is 11.8 Å². The van der Waals surface area contributed by atoms with Gasteiger partial charge in [0.1, 0.15) is 0 Å². The number of amides is 1. The topological polar surface area (TPSA) is 58.4 Å². The molecule has 0 aromatic heterocycles. The van der Waals surface area contributed by atoms with Crippen molar-refractivity contribution in [2.75, 3.05) is 37.8 Å². The second-order valence-electron chi connectivity index (χ2n) is 5.73. The Morgan fingerprint density at radius 1 is 1.38 bits per heavy atom. The molecule has 0 saturated carbocycles. The first kappa shape index (κ1) is 16.3. The first-order valence-electron chi connectivity index (χ1n) is 7.41. The number of likely N-dealkylation sites (tertiary alicyclic amines) is 1. The van der Waals surface area contributed by atoms with Crippen molar-refractivity contribution in [2.45, 2.75) is 24.5 Å². The van der Waals surface area contributed by atoms with Crippen LogP contribution in [-0.4, -0.2) is 48.0 Å². The van der Waals surface area contributed by atoms with E-state index < -0.39 is 0 Å². The van der Waals surface area contributed by atoms with E-state index in [0.717, 1.165) is 43.7 Å². The van der Waals surface area contributed by atoms with Gasteiger partial charge in [0, 0.05) is 30.1 Å². The number of aryl methyl sites for hydroxylation is 1. The molecule has 1 aromatic carbocycles. The lowest BCUT2D eigenvalue weighted by Crippen LogP contribution is -2.48. The number of piperidine rings is 1. The van der Waals surface area contributed by atoms with Crippen molar-refractivity contribution in [1.82, 2.24) is 4.90 Å². The van der Waals surface area contributed by atoms with Gasteiger partial charge in [-0.2, -0.15) is 11.8 Å². The molecule has 0 atom stereocenters. The lowest BCUT2D eigenvalue weighted by atomic mass is 9.96. The molecule has 1 fully saturated rings. The Morgan fingerprint density at radius 3 is 2.62 bits per heavy atom. The van der Waals surface area contributed by atoms with Crippen molar-refractivity contribution >= 4 is 23.4 Å². The number of benzene rings is 1. The molecule has 21 heavy (non-hydrogen) atoms. The van der Waals surface area contributed by atoms with Gasteiger partial charge >= 0.3 is 0 Å². The van der Waals surface area contributed by atoms with Crippen LogP contribution in [0.3, 0.4) is 0 Å². The van der Waals surface area contributed by atoms with Gasteiger partial charge in [0.15, 0.2) is 0 Å². The molecule has 2 rings (SSSR count). The van der Waals surface area contributed by atoms with Crippen LogP contribution in [0.2, 0.25) is 0 Å². The highest BCUT2D eigenvalue weighted by Gasteiger charge is 2.32. The fraction of sp³-hybridized carbons (Fsp3) is 0.562. The van der Waals surface area contributed by atoms with E-state index in [4.69, 9.17) is 5.73 Å². The minimum Gasteiger partial charge on any atom is -0.329 e. The highest BCUT2D eigenvalue weighted by Crippen LogP contribution is 2.33. The van der Waals surface area contributed by atoms with Crippen molar-refractivity contribution in [3.05, 3.63) is 29.8 Å². The van der Waals surface area contributed by atoms with Crippen molar-refractivity contribution in [2.24, 2.45) is 5.73 Å². The molecule has 0 bridgehead atoms. The third-order valence-corrected chi connectivity index (χ3v) is 5.80. The highest BCUT2D eigenvalue weighted by molar-refractivity contribution is 8.00. The molecule has 5 heteroatoms. The summed E-state index contributed by atoms with van der Waals surface area (Å²) >= 11 is 1.87. The maximum atomic E-state index is 12.2. The highest BCUT2D eigenvalue weighted by atomic mass is 32.2. The number of carbonyl (C=O) groups is 1. The van der Waals surface area contributed by atoms with E-state index in [1.165, 1.54) is 0 Å². The van der Waals surface area contributed by atoms with Gasteiger partial charge in [-0.05, 0) is 37.7 Å². The van der Waals surface area contributed by atoms with Crippen molar-refractivity contribution in [3.8, 4) is 0 Å². The zero-order chi connectivity index (χ0) is 15.3. The Kier molecular flexibility index (Phi) is 5.67. The summed E-state index contributed by atoms with van der Waals surface area (Å²) in [7, 11) is 0. The van der Waals surface area contributed by atoms with Crippen LogP contribution in [-0.2, 0) is 4.79 Å². The first-order chi connectivity index (χ1) is 10.1. The van der Waals surface area contributed by atoms with Crippen LogP contribution < -0.4 is 11.1 Å². The van der Waals surface area contributed by atoms with E-state index in [1.54, 1.807) is 0 Å². The fourth-order valence-corrected chi connectivity index (χ4v) is 3.47. The molecule has 1 aliphatic rings. The second kappa shape index (κ2) is 7.29. The van der Waals surface area contributed by atoms with E-state index >= 15 is 0 Å². The van der Waals surface area contributed by atoms with Crippen LogP contribution in [0.15, 0.2) is 24.3 Å². The van der Waals surface area contributed by atoms with Crippen molar-refractivity contribution in [1.29, 1.82) is 0 Å². The molecule has 4 nitrogen and oxygen atoms in total. The molecule has 0 aliphatic carbocycles. The average Bonchev–Trinajstić information content (AvgIpc) is 2.51. The zero-order valence-corrected chi connectivity index (χ0v) is 13.7. The molecule has 0 unspecified atom stereocenters. The second-order valence-corrected chi connectivity index (χ2v) is 7.00. The van der Waals surface area contributed by atoms with Crippen LogP contribution in [0.4, 0.5) is 5.69 Å². The predicted octanol–water partition coefficient (Wildman–Crippen LogP) is 2.09. The minimum absolute atomic E-state index is 0.0636. The largest absolute Gasteiger partial charge is 0.329 e. The summed E-state index contributed by atoms with van der Waals surface area (Å²) in [5.74, 6) is 0.0636. The lowest BCUT2D eigenvalue weighted by Gasteiger charge is -2.39. The molecule has 1 heterocycles. The smallest absolute Gasteiger partial charge is 0.238 e. The minimum atomic E-state index is 0.0636. The third kappa shape index (κ3) is 4.22. The SMILES string of the molecule is CSC1(CN)CCN(CC(=O)Nc2ccccc2C)CC1. The van der Waals surface area contributed by atoms with Gasteiger partial charge in [-0.1, -0.05) is 18.2 Å². The quantitative estimate of drug-likeness (QED) is 0.874. The Morgan fingerprint density at radius 2 is 2.05 bits per heavy atom. The maximum absolute atomic E-state index is 12.2. The van der Waals surface area contributed by atoms with E-state index in [9.17, 15) is 4.79 Å². The monoisotopic (exact) mass is 307 g/mol. The van der Waals surface area contributed by atoms with Gasteiger partial charge in [-0.25, -0.2) is 0 Å². The molecule has 0 radical (unpaired) electrons. The molecule has 3 N–H and O–H groups in total. The van der Waals surface area contributed by atoms with Gasteiger partial charge in [0.2, 0.25) is 5.91 Å². The van der Waals surface area contributed by atoms with Gasteiger partial charge < -0.3 is 11.1 Å². The standard InChI is InChI=1S/C16H25N3OS/c1-13-5-3-4-6-14(13)18-15(20)11-19-9-7-16(12-17,21-2)8-10-19/h3-6H,7-12,17H2,1-2H3,(H,18,20). The Balaban J connectivity index is 1.84. The number of anilines is 1. The number of carbonyl (C=O) groups excluding carboxylic acids is 1. The molecular weight excluding hydrogens is 282 g/mol. The summed E-state index contributed by atoms with van der Waals surface area (Å²) in [6.07, 6.45) is 4.25. The van der Waals surface area contributed by atoms with Crippen LogP contribution in [0.5, 0.6) is 0 Å². The fourth-order valence-electron chi connectivity index (χ4n) is 2.72. The van der Waals surface area contributed by atoms with Crippen LogP contribution in [0.25, 0.3) is 0 Å². The molecule has 1 amide bonds. The Hall–Kier alpha value is -1.04. The van der Waals surface area contributed by atoms with E-state index in [0.29, 0.717) is 6.54 Å². The molecule has 1 saturated heterocycles. The summed E-state index contributed by atoms with van der Waals surface area (Å²) in [4.78, 5) is 14.4. The van der Waals surface area contributed by atoms with E-state index in [1.807, 2.05) is 43.0 Å². The number of hydrogen-bond acceptors (Lipinski definition) is 4. The van der Waals surface area contributed by atoms with E-state index in [-0.39, 0.29) is 10.7 Å². The van der Waals surface area contributed by atoms with Crippen molar-refractivity contribution < 1.29 is 4.79 Å². The Bertz CT molecular complexity index is 478. The zero-order valence-electron chi connectivity index (χ0n) is 12.9. The number of rotatable bonds is 5. The average molecular weight is 307 g/mol. The number of thioether (sulfide) groups is 1. The molecule has 1 aromatic rings. The third-order valence-electron chi connectivity index (χ3n) is 4.36. The summed E-state index contributed by atoms with van der Waals surface area (Å²) in [5, 5.41) is 3.00. The summed E-state index contributed by atoms with van der Waals surface area (Å²) in [5.41, 5.74) is 7.89. The molecule has 1 aliphatic heterocycles.